The van der Waals surface area contributed by atoms with Crippen LogP contribution in [0.1, 0.15) is 25.0 Å². The first-order chi connectivity index (χ1) is 12.6. The Labute approximate surface area is 156 Å². The molecule has 0 atom stereocenters. The summed E-state index contributed by atoms with van der Waals surface area (Å²) in [4.78, 5) is 4.50. The van der Waals surface area contributed by atoms with Gasteiger partial charge in [-0.05, 0) is 42.3 Å². The first-order valence-corrected chi connectivity index (χ1v) is 9.31. The maximum absolute atomic E-state index is 12.8. The van der Waals surface area contributed by atoms with Crippen LogP contribution in [0, 0.1) is 0 Å². The number of rotatable bonds is 9. The fourth-order valence-corrected chi connectivity index (χ4v) is 2.93. The second-order valence-corrected chi connectivity index (χ2v) is 6.02. The lowest BCUT2D eigenvalue weighted by molar-refractivity contribution is -0.0520. The molecule has 8 heteroatoms. The van der Waals surface area contributed by atoms with E-state index in [4.69, 9.17) is 4.74 Å². The monoisotopic (exact) mass is 383 g/mol. The average molecular weight is 383 g/mol. The first kappa shape index (κ1) is 20.0. The molecular weight excluding hydrogens is 360 g/mol. The number of thiophene rings is 1. The molecule has 0 bridgehead atoms. The average Bonchev–Trinajstić information content (AvgIpc) is 3.13. The van der Waals surface area contributed by atoms with Gasteiger partial charge in [-0.25, -0.2) is 4.99 Å². The van der Waals surface area contributed by atoms with E-state index >= 15 is 0 Å². The minimum absolute atomic E-state index is 0.0468. The second kappa shape index (κ2) is 10.6. The van der Waals surface area contributed by atoms with E-state index in [-0.39, 0.29) is 12.3 Å². The van der Waals surface area contributed by atoms with Crippen LogP contribution >= 0.6 is 11.3 Å². The molecule has 0 spiro atoms. The van der Waals surface area contributed by atoms with Crippen molar-refractivity contribution >= 4 is 17.3 Å². The van der Waals surface area contributed by atoms with E-state index in [1.165, 1.54) is 0 Å². The third-order valence-electron chi connectivity index (χ3n) is 3.36. The molecule has 1 heterocycles. The van der Waals surface area contributed by atoms with Gasteiger partial charge in [0.15, 0.2) is 17.5 Å². The molecule has 1 aromatic heterocycles. The van der Waals surface area contributed by atoms with Crippen molar-refractivity contribution in [3.05, 3.63) is 46.2 Å². The molecule has 2 rings (SSSR count). The highest BCUT2D eigenvalue weighted by atomic mass is 32.1. The third-order valence-corrected chi connectivity index (χ3v) is 4.09. The van der Waals surface area contributed by atoms with Crippen molar-refractivity contribution in [2.24, 2.45) is 4.99 Å². The SMILES string of the molecule is CCNC(=NCc1ccsc1)NCc1cccc(OCC)c1OC(F)F. The van der Waals surface area contributed by atoms with Gasteiger partial charge in [0.2, 0.25) is 0 Å². The van der Waals surface area contributed by atoms with Crippen LogP contribution in [0.15, 0.2) is 40.0 Å². The number of nitrogens with zero attached hydrogens (tertiary/aromatic N) is 1. The highest BCUT2D eigenvalue weighted by Gasteiger charge is 2.16. The number of guanidine groups is 1. The Bertz CT molecular complexity index is 694. The van der Waals surface area contributed by atoms with Gasteiger partial charge in [-0.3, -0.25) is 0 Å². The molecule has 0 amide bonds. The van der Waals surface area contributed by atoms with Gasteiger partial charge in [0.25, 0.3) is 0 Å². The van der Waals surface area contributed by atoms with Crippen molar-refractivity contribution < 1.29 is 18.3 Å². The Morgan fingerprint density at radius 1 is 1.23 bits per heavy atom. The highest BCUT2D eigenvalue weighted by Crippen LogP contribution is 2.32. The lowest BCUT2D eigenvalue weighted by atomic mass is 10.2. The van der Waals surface area contributed by atoms with Gasteiger partial charge in [0.05, 0.1) is 13.2 Å². The summed E-state index contributed by atoms with van der Waals surface area (Å²) in [6.45, 7) is 2.70. The van der Waals surface area contributed by atoms with Gasteiger partial charge >= 0.3 is 6.61 Å². The van der Waals surface area contributed by atoms with Crippen LogP contribution < -0.4 is 20.1 Å². The van der Waals surface area contributed by atoms with Crippen LogP contribution in [0.2, 0.25) is 0 Å². The maximum Gasteiger partial charge on any atom is 0.387 e. The largest absolute Gasteiger partial charge is 0.490 e. The Balaban J connectivity index is 2.11. The summed E-state index contributed by atoms with van der Waals surface area (Å²) in [5.41, 5.74) is 1.68. The van der Waals surface area contributed by atoms with Crippen molar-refractivity contribution in [3.8, 4) is 11.5 Å². The molecule has 26 heavy (non-hydrogen) atoms. The highest BCUT2D eigenvalue weighted by molar-refractivity contribution is 7.07. The number of para-hydroxylation sites is 1. The molecule has 0 unspecified atom stereocenters. The van der Waals surface area contributed by atoms with Crippen molar-refractivity contribution in [3.63, 3.8) is 0 Å². The summed E-state index contributed by atoms with van der Waals surface area (Å²) >= 11 is 1.62. The van der Waals surface area contributed by atoms with Gasteiger partial charge in [0, 0.05) is 18.7 Å². The van der Waals surface area contributed by atoms with E-state index < -0.39 is 6.61 Å². The van der Waals surface area contributed by atoms with E-state index in [1.54, 1.807) is 36.5 Å². The molecule has 2 aromatic rings. The van der Waals surface area contributed by atoms with Crippen molar-refractivity contribution in [1.82, 2.24) is 10.6 Å². The standard InChI is InChI=1S/C18H23F2N3O2S/c1-3-21-18(22-10-13-8-9-26-12-13)23-11-14-6-5-7-15(24-4-2)16(14)25-17(19)20/h5-9,12,17H,3-4,10-11H2,1-2H3,(H2,21,22,23). The fourth-order valence-electron chi connectivity index (χ4n) is 2.27. The van der Waals surface area contributed by atoms with E-state index in [1.807, 2.05) is 23.8 Å². The zero-order valence-electron chi connectivity index (χ0n) is 14.8. The van der Waals surface area contributed by atoms with Crippen LogP contribution in [0.3, 0.4) is 0 Å². The van der Waals surface area contributed by atoms with Gasteiger partial charge < -0.3 is 20.1 Å². The number of nitrogens with one attached hydrogen (secondary N) is 2. The molecule has 0 saturated carbocycles. The van der Waals surface area contributed by atoms with Crippen LogP contribution in [-0.2, 0) is 13.1 Å². The number of ether oxygens (including phenoxy) is 2. The smallest absolute Gasteiger partial charge is 0.387 e. The number of benzene rings is 1. The zero-order valence-corrected chi connectivity index (χ0v) is 15.6. The molecule has 2 N–H and O–H groups in total. The molecule has 142 valence electrons. The quantitative estimate of drug-likeness (QED) is 0.508. The van der Waals surface area contributed by atoms with Gasteiger partial charge in [-0.15, -0.1) is 0 Å². The topological polar surface area (TPSA) is 54.9 Å². The summed E-state index contributed by atoms with van der Waals surface area (Å²) in [5.74, 6) is 0.946. The number of alkyl halides is 2. The second-order valence-electron chi connectivity index (χ2n) is 5.24. The van der Waals surface area contributed by atoms with Gasteiger partial charge in [-0.2, -0.15) is 20.1 Å². The third kappa shape index (κ3) is 6.18. The lowest BCUT2D eigenvalue weighted by Gasteiger charge is -2.17. The first-order valence-electron chi connectivity index (χ1n) is 8.36. The normalized spacial score (nSPS) is 11.5. The molecule has 0 saturated heterocycles. The number of halogens is 2. The predicted octanol–water partition coefficient (Wildman–Crippen LogP) is 4.00. The van der Waals surface area contributed by atoms with Crippen LogP contribution in [0.4, 0.5) is 8.78 Å². The fraction of sp³-hybridized carbons (Fsp3) is 0.389. The van der Waals surface area contributed by atoms with Crippen molar-refractivity contribution in [2.45, 2.75) is 33.5 Å². The van der Waals surface area contributed by atoms with E-state index in [2.05, 4.69) is 20.4 Å². The van der Waals surface area contributed by atoms with Gasteiger partial charge in [0.1, 0.15) is 0 Å². The van der Waals surface area contributed by atoms with E-state index in [0.717, 1.165) is 5.56 Å². The molecule has 0 fully saturated rings. The Morgan fingerprint density at radius 3 is 2.73 bits per heavy atom. The predicted molar refractivity (Wildman–Crippen MR) is 100 cm³/mol. The van der Waals surface area contributed by atoms with E-state index in [0.29, 0.717) is 37.0 Å². The minimum Gasteiger partial charge on any atom is -0.490 e. The molecule has 5 nitrogen and oxygen atoms in total. The summed E-state index contributed by atoms with van der Waals surface area (Å²) < 4.78 is 35.7. The van der Waals surface area contributed by atoms with E-state index in [9.17, 15) is 8.78 Å². The summed E-state index contributed by atoms with van der Waals surface area (Å²) in [6.07, 6.45) is 0. The maximum atomic E-state index is 12.8. The number of aliphatic imine (C=N–C) groups is 1. The lowest BCUT2D eigenvalue weighted by Crippen LogP contribution is -2.36. The van der Waals surface area contributed by atoms with Crippen LogP contribution in [0.25, 0.3) is 0 Å². The molecule has 1 aromatic carbocycles. The van der Waals surface area contributed by atoms with Gasteiger partial charge in [-0.1, -0.05) is 12.1 Å². The summed E-state index contributed by atoms with van der Waals surface area (Å²) in [7, 11) is 0. The molecule has 0 aliphatic heterocycles. The number of hydrogen-bond donors (Lipinski definition) is 2. The summed E-state index contributed by atoms with van der Waals surface area (Å²) in [6, 6.07) is 7.09. The Kier molecular flexibility index (Phi) is 8.14. The molecule has 0 radical (unpaired) electrons. The van der Waals surface area contributed by atoms with Crippen LogP contribution in [-0.4, -0.2) is 25.7 Å². The zero-order chi connectivity index (χ0) is 18.8. The minimum atomic E-state index is -2.92. The number of hydrogen-bond acceptors (Lipinski definition) is 4. The van der Waals surface area contributed by atoms with Crippen molar-refractivity contribution in [1.29, 1.82) is 0 Å². The summed E-state index contributed by atoms with van der Waals surface area (Å²) in [5, 5.41) is 10.3. The molecular formula is C18H23F2N3O2S. The molecule has 0 aliphatic rings. The Morgan fingerprint density at radius 2 is 2.08 bits per heavy atom. The van der Waals surface area contributed by atoms with Crippen LogP contribution in [0.5, 0.6) is 11.5 Å². The Hall–Kier alpha value is -2.35. The molecule has 0 aliphatic carbocycles. The van der Waals surface area contributed by atoms with Crippen molar-refractivity contribution in [2.75, 3.05) is 13.2 Å².